The first-order valence-electron chi connectivity index (χ1n) is 5.82. The van der Waals surface area contributed by atoms with Gasteiger partial charge in [-0.2, -0.15) is 0 Å². The molecular weight excluding hydrogens is 335 g/mol. The van der Waals surface area contributed by atoms with Crippen molar-refractivity contribution in [2.24, 2.45) is 0 Å². The molecule has 0 saturated carbocycles. The molecule has 0 aliphatic rings. The SMILES string of the molecule is COc1ccc(S(=O)(=O)c2ccc(OC)cc2Cl)c(Cl)c1. The molecule has 7 heteroatoms. The number of benzene rings is 2. The molecule has 0 bridgehead atoms. The Labute approximate surface area is 133 Å². The Balaban J connectivity index is 2.57. The molecule has 0 heterocycles. The largest absolute Gasteiger partial charge is 0.497 e. The zero-order valence-corrected chi connectivity index (χ0v) is 13.6. The second-order valence-electron chi connectivity index (χ2n) is 4.10. The minimum atomic E-state index is -3.83. The molecule has 0 saturated heterocycles. The van der Waals surface area contributed by atoms with Gasteiger partial charge in [-0.05, 0) is 24.3 Å². The van der Waals surface area contributed by atoms with Gasteiger partial charge in [0.25, 0.3) is 0 Å². The predicted octanol–water partition coefficient (Wildman–Crippen LogP) is 3.84. The normalized spacial score (nSPS) is 11.2. The Bertz CT molecular complexity index is 713. The average Bonchev–Trinajstić information content (AvgIpc) is 2.46. The number of halogens is 2. The highest BCUT2D eigenvalue weighted by atomic mass is 35.5. The summed E-state index contributed by atoms with van der Waals surface area (Å²) >= 11 is 12.1. The summed E-state index contributed by atoms with van der Waals surface area (Å²) in [5.74, 6) is 0.944. The number of ether oxygens (including phenoxy) is 2. The van der Waals surface area contributed by atoms with Crippen molar-refractivity contribution in [3.05, 3.63) is 46.4 Å². The van der Waals surface area contributed by atoms with Crippen LogP contribution >= 0.6 is 23.2 Å². The average molecular weight is 347 g/mol. The zero-order valence-electron chi connectivity index (χ0n) is 11.3. The molecule has 2 rings (SSSR count). The molecule has 4 nitrogen and oxygen atoms in total. The molecule has 0 N–H and O–H groups in total. The van der Waals surface area contributed by atoms with Crippen molar-refractivity contribution in [2.75, 3.05) is 14.2 Å². The van der Waals surface area contributed by atoms with Crippen molar-refractivity contribution in [3.63, 3.8) is 0 Å². The van der Waals surface area contributed by atoms with Crippen LogP contribution in [0.2, 0.25) is 10.0 Å². The van der Waals surface area contributed by atoms with Gasteiger partial charge in [-0.3, -0.25) is 0 Å². The summed E-state index contributed by atoms with van der Waals surface area (Å²) in [5.41, 5.74) is 0. The highest BCUT2D eigenvalue weighted by Crippen LogP contribution is 2.34. The monoisotopic (exact) mass is 346 g/mol. The van der Waals surface area contributed by atoms with E-state index in [2.05, 4.69) is 0 Å². The van der Waals surface area contributed by atoms with Gasteiger partial charge in [0.2, 0.25) is 9.84 Å². The van der Waals surface area contributed by atoms with Crippen LogP contribution in [0.1, 0.15) is 0 Å². The summed E-state index contributed by atoms with van der Waals surface area (Å²) in [7, 11) is -0.880. The first kappa shape index (κ1) is 15.9. The molecule has 0 spiro atoms. The minimum Gasteiger partial charge on any atom is -0.497 e. The van der Waals surface area contributed by atoms with Gasteiger partial charge < -0.3 is 9.47 Å². The van der Waals surface area contributed by atoms with Gasteiger partial charge in [0.1, 0.15) is 11.5 Å². The molecule has 0 unspecified atom stereocenters. The van der Waals surface area contributed by atoms with Crippen molar-refractivity contribution < 1.29 is 17.9 Å². The number of hydrogen-bond donors (Lipinski definition) is 0. The zero-order chi connectivity index (χ0) is 15.6. The lowest BCUT2D eigenvalue weighted by Gasteiger charge is -2.10. The third kappa shape index (κ3) is 3.10. The van der Waals surface area contributed by atoms with E-state index in [1.54, 1.807) is 0 Å². The first-order chi connectivity index (χ1) is 9.90. The molecule has 0 aliphatic heterocycles. The maximum absolute atomic E-state index is 12.6. The molecule has 0 radical (unpaired) electrons. The summed E-state index contributed by atoms with van der Waals surface area (Å²) in [5, 5.41) is 0.141. The van der Waals surface area contributed by atoms with Crippen LogP contribution in [0.5, 0.6) is 11.5 Å². The smallest absolute Gasteiger partial charge is 0.209 e. The summed E-state index contributed by atoms with van der Waals surface area (Å²) in [6, 6.07) is 8.69. The van der Waals surface area contributed by atoms with Gasteiger partial charge in [-0.1, -0.05) is 23.2 Å². The molecule has 2 aromatic carbocycles. The number of sulfone groups is 1. The lowest BCUT2D eigenvalue weighted by atomic mass is 10.3. The fraction of sp³-hybridized carbons (Fsp3) is 0.143. The predicted molar refractivity (Wildman–Crippen MR) is 81.5 cm³/mol. The van der Waals surface area contributed by atoms with E-state index < -0.39 is 9.84 Å². The van der Waals surface area contributed by atoms with E-state index in [0.717, 1.165) is 0 Å². The lowest BCUT2D eigenvalue weighted by molar-refractivity contribution is 0.414. The van der Waals surface area contributed by atoms with Crippen molar-refractivity contribution in [1.29, 1.82) is 0 Å². The van der Waals surface area contributed by atoms with Crippen molar-refractivity contribution in [2.45, 2.75) is 9.79 Å². The molecular formula is C14H12Cl2O4S. The standard InChI is InChI=1S/C14H12Cl2O4S/c1-19-9-3-5-13(11(15)7-9)21(17,18)14-6-4-10(20-2)8-12(14)16/h3-8H,1-2H3. The summed E-state index contributed by atoms with van der Waals surface area (Å²) in [6.07, 6.45) is 0. The van der Waals surface area contributed by atoms with Gasteiger partial charge in [0.05, 0.1) is 34.1 Å². The van der Waals surface area contributed by atoms with Gasteiger partial charge in [0.15, 0.2) is 0 Å². The Hall–Kier alpha value is -1.43. The van der Waals surface area contributed by atoms with E-state index in [9.17, 15) is 8.42 Å². The maximum atomic E-state index is 12.6. The van der Waals surface area contributed by atoms with Crippen molar-refractivity contribution in [3.8, 4) is 11.5 Å². The molecule has 0 fully saturated rings. The maximum Gasteiger partial charge on any atom is 0.209 e. The number of hydrogen-bond acceptors (Lipinski definition) is 4. The Morgan fingerprint density at radius 1 is 0.810 bits per heavy atom. The third-order valence-corrected chi connectivity index (χ3v) is 5.58. The fourth-order valence-electron chi connectivity index (χ4n) is 1.77. The van der Waals surface area contributed by atoms with Gasteiger partial charge >= 0.3 is 0 Å². The third-order valence-electron chi connectivity index (χ3n) is 2.86. The van der Waals surface area contributed by atoms with Crippen LogP contribution in [0.15, 0.2) is 46.2 Å². The number of rotatable bonds is 4. The highest BCUT2D eigenvalue weighted by Gasteiger charge is 2.24. The number of methoxy groups -OCH3 is 2. The van der Waals surface area contributed by atoms with E-state index in [-0.39, 0.29) is 19.8 Å². The van der Waals surface area contributed by atoms with E-state index in [1.165, 1.54) is 50.6 Å². The molecule has 0 aromatic heterocycles. The molecule has 0 amide bonds. The lowest BCUT2D eigenvalue weighted by Crippen LogP contribution is -2.04. The quantitative estimate of drug-likeness (QED) is 0.843. The topological polar surface area (TPSA) is 52.6 Å². The van der Waals surface area contributed by atoms with Crippen LogP contribution in [-0.2, 0) is 9.84 Å². The summed E-state index contributed by atoms with van der Waals surface area (Å²) < 4.78 is 35.2. The van der Waals surface area contributed by atoms with Crippen molar-refractivity contribution >= 4 is 33.0 Å². The van der Waals surface area contributed by atoms with Crippen LogP contribution in [0.4, 0.5) is 0 Å². The summed E-state index contributed by atoms with van der Waals surface area (Å²) in [6.45, 7) is 0. The molecule has 112 valence electrons. The van der Waals surface area contributed by atoms with Crippen LogP contribution in [0.3, 0.4) is 0 Å². The van der Waals surface area contributed by atoms with E-state index in [1.807, 2.05) is 0 Å². The first-order valence-corrected chi connectivity index (χ1v) is 8.06. The van der Waals surface area contributed by atoms with Crippen LogP contribution in [0, 0.1) is 0 Å². The van der Waals surface area contributed by atoms with E-state index >= 15 is 0 Å². The molecule has 0 atom stereocenters. The highest BCUT2D eigenvalue weighted by molar-refractivity contribution is 7.91. The second-order valence-corrected chi connectivity index (χ2v) is 6.80. The van der Waals surface area contributed by atoms with Gasteiger partial charge in [-0.25, -0.2) is 8.42 Å². The van der Waals surface area contributed by atoms with Gasteiger partial charge in [-0.15, -0.1) is 0 Å². The molecule has 2 aromatic rings. The Morgan fingerprint density at radius 2 is 1.19 bits per heavy atom. The Kier molecular flexibility index (Phi) is 4.66. The van der Waals surface area contributed by atoms with Crippen LogP contribution < -0.4 is 9.47 Å². The second kappa shape index (κ2) is 6.13. The summed E-state index contributed by atoms with van der Waals surface area (Å²) in [4.78, 5) is -0.0610. The van der Waals surface area contributed by atoms with Crippen LogP contribution in [-0.4, -0.2) is 22.6 Å². The fourth-order valence-corrected chi connectivity index (χ4v) is 4.08. The molecule has 21 heavy (non-hydrogen) atoms. The van der Waals surface area contributed by atoms with Gasteiger partial charge in [0, 0.05) is 12.1 Å². The van der Waals surface area contributed by atoms with Crippen LogP contribution in [0.25, 0.3) is 0 Å². The molecule has 0 aliphatic carbocycles. The minimum absolute atomic E-state index is 0.0305. The van der Waals surface area contributed by atoms with Crippen molar-refractivity contribution in [1.82, 2.24) is 0 Å². The van der Waals surface area contributed by atoms with E-state index in [0.29, 0.717) is 11.5 Å². The Morgan fingerprint density at radius 3 is 1.48 bits per heavy atom. The van der Waals surface area contributed by atoms with E-state index in [4.69, 9.17) is 32.7 Å².